The maximum Gasteiger partial charge on any atom is 0.0991 e. The monoisotopic (exact) mass is 257 g/mol. The molecule has 0 heterocycles. The molecular weight excluding hydrogens is 230 g/mol. The van der Waals surface area contributed by atoms with E-state index in [-0.39, 0.29) is 5.41 Å². The van der Waals surface area contributed by atoms with Gasteiger partial charge in [0.25, 0.3) is 0 Å². The Balaban J connectivity index is 3.34. The molecule has 0 amide bonds. The maximum absolute atomic E-state index is 9.16. The Morgan fingerprint density at radius 2 is 1.89 bits per heavy atom. The van der Waals surface area contributed by atoms with Crippen LogP contribution in [-0.2, 0) is 0 Å². The maximum atomic E-state index is 9.16. The standard InChI is InChI=1S/C18H27N/c1-8-9-16(13(2)12-19)14(3)18(7)11-10-17(5,6)15(18)4/h8-9,15H,2,10-11H2,1,3-7H3/b9-8-,16-14-. The number of rotatable bonds is 3. The van der Waals surface area contributed by atoms with Crippen LogP contribution in [0.25, 0.3) is 0 Å². The van der Waals surface area contributed by atoms with Crippen molar-refractivity contribution in [1.29, 1.82) is 5.26 Å². The van der Waals surface area contributed by atoms with E-state index in [4.69, 9.17) is 5.26 Å². The summed E-state index contributed by atoms with van der Waals surface area (Å²) in [6.07, 6.45) is 6.45. The molecule has 0 aliphatic heterocycles. The summed E-state index contributed by atoms with van der Waals surface area (Å²) in [5.74, 6) is 0.603. The molecule has 2 unspecified atom stereocenters. The minimum Gasteiger partial charge on any atom is -0.192 e. The van der Waals surface area contributed by atoms with Crippen molar-refractivity contribution >= 4 is 0 Å². The van der Waals surface area contributed by atoms with Gasteiger partial charge in [0, 0.05) is 0 Å². The first kappa shape index (κ1) is 15.8. The SMILES string of the molecule is C=C(C#N)C(/C=C\C)=C(/C)C1(C)CCC(C)(C)C1C. The topological polar surface area (TPSA) is 23.8 Å². The molecule has 1 fully saturated rings. The zero-order valence-electron chi connectivity index (χ0n) is 13.3. The summed E-state index contributed by atoms with van der Waals surface area (Å²) in [6, 6.07) is 2.20. The van der Waals surface area contributed by atoms with Crippen molar-refractivity contribution in [2.45, 2.75) is 54.4 Å². The molecule has 0 aromatic heterocycles. The van der Waals surface area contributed by atoms with Crippen LogP contribution < -0.4 is 0 Å². The summed E-state index contributed by atoms with van der Waals surface area (Å²) in [6.45, 7) is 17.5. The van der Waals surface area contributed by atoms with Gasteiger partial charge in [-0.1, -0.05) is 52.0 Å². The fourth-order valence-electron chi connectivity index (χ4n) is 3.38. The highest BCUT2D eigenvalue weighted by Gasteiger charge is 2.48. The van der Waals surface area contributed by atoms with Crippen molar-refractivity contribution in [2.24, 2.45) is 16.7 Å². The van der Waals surface area contributed by atoms with E-state index in [0.717, 1.165) is 5.57 Å². The van der Waals surface area contributed by atoms with Crippen molar-refractivity contribution in [3.05, 3.63) is 35.5 Å². The highest BCUT2D eigenvalue weighted by atomic mass is 14.5. The number of allylic oxidation sites excluding steroid dienone is 5. The van der Waals surface area contributed by atoms with Gasteiger partial charge >= 0.3 is 0 Å². The molecule has 0 bridgehead atoms. The van der Waals surface area contributed by atoms with E-state index in [2.05, 4.69) is 47.3 Å². The first-order valence-corrected chi connectivity index (χ1v) is 7.14. The summed E-state index contributed by atoms with van der Waals surface area (Å²) < 4.78 is 0. The summed E-state index contributed by atoms with van der Waals surface area (Å²) in [5, 5.41) is 9.16. The minimum absolute atomic E-state index is 0.165. The Labute approximate surface area is 118 Å². The Hall–Kier alpha value is -1.29. The number of hydrogen-bond donors (Lipinski definition) is 0. The largest absolute Gasteiger partial charge is 0.192 e. The van der Waals surface area contributed by atoms with Crippen LogP contribution in [0.5, 0.6) is 0 Å². The van der Waals surface area contributed by atoms with E-state index in [1.54, 1.807) is 0 Å². The lowest BCUT2D eigenvalue weighted by molar-refractivity contribution is 0.192. The van der Waals surface area contributed by atoms with Crippen LogP contribution in [-0.4, -0.2) is 0 Å². The van der Waals surface area contributed by atoms with Crippen molar-refractivity contribution in [3.8, 4) is 6.07 Å². The normalized spacial score (nSPS) is 31.1. The summed E-state index contributed by atoms with van der Waals surface area (Å²) in [7, 11) is 0. The molecule has 1 aliphatic carbocycles. The third kappa shape index (κ3) is 2.68. The molecule has 0 aromatic carbocycles. The van der Waals surface area contributed by atoms with E-state index in [9.17, 15) is 0 Å². The van der Waals surface area contributed by atoms with Crippen LogP contribution in [0.15, 0.2) is 35.5 Å². The van der Waals surface area contributed by atoms with Crippen LogP contribution in [0, 0.1) is 28.1 Å². The van der Waals surface area contributed by atoms with Crippen LogP contribution >= 0.6 is 0 Å². The molecule has 0 saturated heterocycles. The average molecular weight is 257 g/mol. The van der Waals surface area contributed by atoms with E-state index >= 15 is 0 Å². The molecule has 19 heavy (non-hydrogen) atoms. The molecule has 1 nitrogen and oxygen atoms in total. The first-order valence-electron chi connectivity index (χ1n) is 7.14. The van der Waals surface area contributed by atoms with Gasteiger partial charge in [-0.05, 0) is 49.0 Å². The molecule has 1 heteroatoms. The summed E-state index contributed by atoms with van der Waals surface area (Å²) in [5.41, 5.74) is 3.45. The third-order valence-corrected chi connectivity index (χ3v) is 5.47. The molecular formula is C18H27N. The van der Waals surface area contributed by atoms with Crippen molar-refractivity contribution in [1.82, 2.24) is 0 Å². The lowest BCUT2D eigenvalue weighted by atomic mass is 9.67. The Morgan fingerprint density at radius 1 is 1.32 bits per heavy atom. The number of hydrogen-bond acceptors (Lipinski definition) is 1. The zero-order chi connectivity index (χ0) is 14.8. The predicted octanol–water partition coefficient (Wildman–Crippen LogP) is 5.42. The predicted molar refractivity (Wildman–Crippen MR) is 82.6 cm³/mol. The lowest BCUT2D eigenvalue weighted by Gasteiger charge is -2.37. The van der Waals surface area contributed by atoms with Gasteiger partial charge in [-0.25, -0.2) is 0 Å². The molecule has 1 saturated carbocycles. The summed E-state index contributed by atoms with van der Waals surface area (Å²) in [4.78, 5) is 0. The molecule has 2 atom stereocenters. The van der Waals surface area contributed by atoms with Gasteiger partial charge in [0.1, 0.15) is 0 Å². The smallest absolute Gasteiger partial charge is 0.0991 e. The quantitative estimate of drug-likeness (QED) is 0.489. The molecule has 0 N–H and O–H groups in total. The Kier molecular flexibility index (Phi) is 4.46. The number of nitrogens with zero attached hydrogens (tertiary/aromatic N) is 1. The van der Waals surface area contributed by atoms with Crippen molar-refractivity contribution in [3.63, 3.8) is 0 Å². The second-order valence-corrected chi connectivity index (χ2v) is 6.76. The van der Waals surface area contributed by atoms with Crippen LogP contribution in [0.2, 0.25) is 0 Å². The van der Waals surface area contributed by atoms with E-state index in [1.807, 2.05) is 19.1 Å². The third-order valence-electron chi connectivity index (χ3n) is 5.47. The highest BCUT2D eigenvalue weighted by molar-refractivity contribution is 5.50. The van der Waals surface area contributed by atoms with Gasteiger partial charge < -0.3 is 0 Å². The van der Waals surface area contributed by atoms with Crippen LogP contribution in [0.4, 0.5) is 0 Å². The molecule has 0 aromatic rings. The second kappa shape index (κ2) is 5.37. The van der Waals surface area contributed by atoms with E-state index in [1.165, 1.54) is 18.4 Å². The fraction of sp³-hybridized carbons (Fsp3) is 0.611. The molecule has 104 valence electrons. The van der Waals surface area contributed by atoms with Gasteiger partial charge in [-0.2, -0.15) is 5.26 Å². The van der Waals surface area contributed by atoms with Gasteiger partial charge in [0.2, 0.25) is 0 Å². The molecule has 1 rings (SSSR count). The number of nitriles is 1. The lowest BCUT2D eigenvalue weighted by Crippen LogP contribution is -2.28. The first-order chi connectivity index (χ1) is 8.70. The molecule has 1 aliphatic rings. The van der Waals surface area contributed by atoms with Crippen LogP contribution in [0.1, 0.15) is 54.4 Å². The molecule has 0 radical (unpaired) electrons. The highest BCUT2D eigenvalue weighted by Crippen LogP contribution is 2.57. The van der Waals surface area contributed by atoms with Crippen molar-refractivity contribution < 1.29 is 0 Å². The van der Waals surface area contributed by atoms with Gasteiger partial charge in [0.15, 0.2) is 0 Å². The van der Waals surface area contributed by atoms with Gasteiger partial charge in [0.05, 0.1) is 11.6 Å². The Bertz CT molecular complexity index is 470. The van der Waals surface area contributed by atoms with E-state index in [0.29, 0.717) is 16.9 Å². The minimum atomic E-state index is 0.165. The van der Waals surface area contributed by atoms with Crippen molar-refractivity contribution in [2.75, 3.05) is 0 Å². The zero-order valence-corrected chi connectivity index (χ0v) is 13.3. The average Bonchev–Trinajstić information content (AvgIpc) is 2.59. The van der Waals surface area contributed by atoms with Gasteiger partial charge in [-0.3, -0.25) is 0 Å². The van der Waals surface area contributed by atoms with Crippen LogP contribution in [0.3, 0.4) is 0 Å². The van der Waals surface area contributed by atoms with Gasteiger partial charge in [-0.15, -0.1) is 0 Å². The molecule has 0 spiro atoms. The summed E-state index contributed by atoms with van der Waals surface area (Å²) >= 11 is 0. The Morgan fingerprint density at radius 3 is 2.26 bits per heavy atom. The fourth-order valence-corrected chi connectivity index (χ4v) is 3.38. The van der Waals surface area contributed by atoms with E-state index < -0.39 is 0 Å². The second-order valence-electron chi connectivity index (χ2n) is 6.76.